The number of rotatable bonds is 5. The number of aromatic amines is 1. The number of nitrogens with zero attached hydrogens (tertiary/aromatic N) is 6. The molecule has 9 heteroatoms. The predicted molar refractivity (Wildman–Crippen MR) is 111 cm³/mol. The van der Waals surface area contributed by atoms with Gasteiger partial charge in [-0.25, -0.2) is 19.3 Å². The first kappa shape index (κ1) is 18.3. The monoisotopic (exact) mass is 403 g/mol. The van der Waals surface area contributed by atoms with Crippen molar-refractivity contribution in [1.29, 1.82) is 0 Å². The second-order valence-electron chi connectivity index (χ2n) is 7.75. The van der Waals surface area contributed by atoms with Crippen LogP contribution in [0.25, 0.3) is 28.2 Å². The number of anilines is 1. The van der Waals surface area contributed by atoms with E-state index < -0.39 is 0 Å². The minimum absolute atomic E-state index is 0.0139. The predicted octanol–water partition coefficient (Wildman–Crippen LogP) is 3.55. The third kappa shape index (κ3) is 3.18. The van der Waals surface area contributed by atoms with Crippen LogP contribution in [0.3, 0.4) is 0 Å². The molecule has 152 valence electrons. The Morgan fingerprint density at radius 3 is 2.73 bits per heavy atom. The van der Waals surface area contributed by atoms with Crippen LogP contribution in [0.1, 0.15) is 20.3 Å². The van der Waals surface area contributed by atoms with E-state index >= 15 is 0 Å². The molecule has 5 rings (SSSR count). The Labute approximate surface area is 172 Å². The number of fused-ring (bicyclic) bond motifs is 1. The molecule has 0 bridgehead atoms. The first-order valence-electron chi connectivity index (χ1n) is 9.86. The summed E-state index contributed by atoms with van der Waals surface area (Å²) in [4.78, 5) is 23.0. The van der Waals surface area contributed by atoms with E-state index in [1.165, 1.54) is 6.33 Å². The quantitative estimate of drug-likeness (QED) is 0.547. The van der Waals surface area contributed by atoms with Gasteiger partial charge in [0, 0.05) is 17.3 Å². The van der Waals surface area contributed by atoms with Crippen LogP contribution in [0, 0.1) is 5.92 Å². The molecule has 1 fully saturated rings. The first-order valence-corrected chi connectivity index (χ1v) is 9.86. The third-order valence-corrected chi connectivity index (χ3v) is 5.19. The maximum atomic E-state index is 12.4. The van der Waals surface area contributed by atoms with Crippen molar-refractivity contribution in [2.24, 2.45) is 5.92 Å². The lowest BCUT2D eigenvalue weighted by Crippen LogP contribution is -2.35. The Morgan fingerprint density at radius 2 is 2.00 bits per heavy atom. The highest BCUT2D eigenvalue weighted by atomic mass is 16.6. The molecule has 0 spiro atoms. The van der Waals surface area contributed by atoms with Crippen molar-refractivity contribution in [3.05, 3.63) is 49.1 Å². The van der Waals surface area contributed by atoms with Gasteiger partial charge < -0.3 is 4.74 Å². The van der Waals surface area contributed by atoms with Crippen LogP contribution in [0.4, 0.5) is 10.6 Å². The molecule has 1 amide bonds. The van der Waals surface area contributed by atoms with Gasteiger partial charge in [0.25, 0.3) is 0 Å². The number of nitrogens with one attached hydrogen (secondary N) is 1. The summed E-state index contributed by atoms with van der Waals surface area (Å²) in [5, 5.41) is 11.2. The number of ether oxygens (including phenoxy) is 1. The van der Waals surface area contributed by atoms with Crippen molar-refractivity contribution < 1.29 is 9.53 Å². The minimum Gasteiger partial charge on any atom is -0.447 e. The van der Waals surface area contributed by atoms with Gasteiger partial charge in [0.2, 0.25) is 0 Å². The van der Waals surface area contributed by atoms with E-state index in [0.717, 1.165) is 23.1 Å². The maximum absolute atomic E-state index is 12.4. The zero-order valence-corrected chi connectivity index (χ0v) is 16.7. The molecule has 3 aromatic heterocycles. The van der Waals surface area contributed by atoms with E-state index in [2.05, 4.69) is 34.1 Å². The van der Waals surface area contributed by atoms with Crippen LogP contribution in [0.5, 0.6) is 0 Å². The number of aromatic nitrogens is 6. The standard InChI is InChI=1S/C21H21N7O2/c1-13(2)9-16-11-30-21(29)28(16)18-7-8-27-20(25-18)17(10-24-27)14-3-5-15(6-4-14)19-22-12-23-26-19/h3-8,10,12-13,16H,9,11H2,1-2H3,(H,22,23,26)/t16-/m0/s1. The van der Waals surface area contributed by atoms with Crippen molar-refractivity contribution in [2.75, 3.05) is 11.5 Å². The highest BCUT2D eigenvalue weighted by molar-refractivity contribution is 5.90. The highest BCUT2D eigenvalue weighted by Gasteiger charge is 2.35. The fourth-order valence-corrected chi connectivity index (χ4v) is 3.81. The van der Waals surface area contributed by atoms with E-state index in [0.29, 0.717) is 29.8 Å². The number of cyclic esters (lactones) is 1. The summed E-state index contributed by atoms with van der Waals surface area (Å²) in [6, 6.07) is 9.72. The number of hydrogen-bond acceptors (Lipinski definition) is 6. The molecule has 1 aromatic carbocycles. The highest BCUT2D eigenvalue weighted by Crippen LogP contribution is 2.29. The molecule has 30 heavy (non-hydrogen) atoms. The van der Waals surface area contributed by atoms with Crippen molar-refractivity contribution in [1.82, 2.24) is 29.8 Å². The number of benzene rings is 1. The van der Waals surface area contributed by atoms with Crippen LogP contribution in [-0.4, -0.2) is 48.5 Å². The van der Waals surface area contributed by atoms with Gasteiger partial charge >= 0.3 is 6.09 Å². The molecule has 1 atom stereocenters. The molecule has 1 saturated heterocycles. The Balaban J connectivity index is 1.51. The molecule has 0 saturated carbocycles. The summed E-state index contributed by atoms with van der Waals surface area (Å²) in [5.41, 5.74) is 3.48. The summed E-state index contributed by atoms with van der Waals surface area (Å²) in [6.45, 7) is 4.66. The van der Waals surface area contributed by atoms with Crippen molar-refractivity contribution >= 4 is 17.6 Å². The van der Waals surface area contributed by atoms with Crippen molar-refractivity contribution in [3.8, 4) is 22.5 Å². The number of H-pyrrole nitrogens is 1. The van der Waals surface area contributed by atoms with Gasteiger partial charge in [0.15, 0.2) is 11.5 Å². The van der Waals surface area contributed by atoms with E-state index in [1.807, 2.05) is 30.5 Å². The molecule has 0 aliphatic carbocycles. The van der Waals surface area contributed by atoms with Gasteiger partial charge in [0.1, 0.15) is 18.8 Å². The Kier molecular flexibility index (Phi) is 4.42. The van der Waals surface area contributed by atoms with Crippen LogP contribution < -0.4 is 4.90 Å². The maximum Gasteiger partial charge on any atom is 0.415 e. The Morgan fingerprint density at radius 1 is 1.20 bits per heavy atom. The number of carbonyl (C=O) groups excluding carboxylic acids is 1. The summed E-state index contributed by atoms with van der Waals surface area (Å²) in [7, 11) is 0. The molecular formula is C21H21N7O2. The molecule has 0 radical (unpaired) electrons. The van der Waals surface area contributed by atoms with Crippen molar-refractivity contribution in [2.45, 2.75) is 26.3 Å². The zero-order chi connectivity index (χ0) is 20.7. The smallest absolute Gasteiger partial charge is 0.415 e. The summed E-state index contributed by atoms with van der Waals surface area (Å²) in [5.74, 6) is 1.74. The number of hydrogen-bond donors (Lipinski definition) is 1. The molecule has 4 aromatic rings. The molecule has 1 N–H and O–H groups in total. The fraction of sp³-hybridized carbons (Fsp3) is 0.286. The van der Waals surface area contributed by atoms with E-state index in [-0.39, 0.29) is 12.1 Å². The number of amides is 1. The molecule has 1 aliphatic heterocycles. The zero-order valence-electron chi connectivity index (χ0n) is 16.7. The molecular weight excluding hydrogens is 382 g/mol. The second-order valence-corrected chi connectivity index (χ2v) is 7.75. The normalized spacial score (nSPS) is 16.6. The van der Waals surface area contributed by atoms with Crippen LogP contribution in [-0.2, 0) is 4.74 Å². The first-order chi connectivity index (χ1) is 14.6. The van der Waals surface area contributed by atoms with E-state index in [4.69, 9.17) is 9.72 Å². The molecule has 9 nitrogen and oxygen atoms in total. The SMILES string of the molecule is CC(C)C[C@H]1COC(=O)N1c1ccn2ncc(-c3ccc(-c4ncn[nH]4)cc3)c2n1. The van der Waals surface area contributed by atoms with Gasteiger partial charge in [-0.3, -0.25) is 10.00 Å². The molecule has 0 unspecified atom stereocenters. The average Bonchev–Trinajstić information content (AvgIpc) is 3.48. The van der Waals surface area contributed by atoms with Gasteiger partial charge in [-0.05, 0) is 24.0 Å². The lowest BCUT2D eigenvalue weighted by molar-refractivity contribution is 0.178. The van der Waals surface area contributed by atoms with Gasteiger partial charge in [-0.2, -0.15) is 10.2 Å². The van der Waals surface area contributed by atoms with Crippen LogP contribution in [0.2, 0.25) is 0 Å². The van der Waals surface area contributed by atoms with E-state index in [9.17, 15) is 4.79 Å². The average molecular weight is 403 g/mol. The summed E-state index contributed by atoms with van der Waals surface area (Å²) in [6.07, 6.45) is 5.59. The topological polar surface area (TPSA) is 101 Å². The molecule has 1 aliphatic rings. The lowest BCUT2D eigenvalue weighted by atomic mass is 10.0. The lowest BCUT2D eigenvalue weighted by Gasteiger charge is -2.21. The van der Waals surface area contributed by atoms with Crippen LogP contribution in [0.15, 0.2) is 49.1 Å². The van der Waals surface area contributed by atoms with Gasteiger partial charge in [0.05, 0.1) is 12.2 Å². The summed E-state index contributed by atoms with van der Waals surface area (Å²) < 4.78 is 7.01. The summed E-state index contributed by atoms with van der Waals surface area (Å²) >= 11 is 0. The third-order valence-electron chi connectivity index (χ3n) is 5.19. The number of carbonyl (C=O) groups is 1. The van der Waals surface area contributed by atoms with Gasteiger partial charge in [-0.1, -0.05) is 38.1 Å². The largest absolute Gasteiger partial charge is 0.447 e. The molecule has 4 heterocycles. The Bertz CT molecular complexity index is 1180. The Hall–Kier alpha value is -3.75. The van der Waals surface area contributed by atoms with Gasteiger partial charge in [-0.15, -0.1) is 0 Å². The minimum atomic E-state index is -0.352. The second kappa shape index (κ2) is 7.25. The van der Waals surface area contributed by atoms with Crippen LogP contribution >= 0.6 is 0 Å². The van der Waals surface area contributed by atoms with Crippen molar-refractivity contribution in [3.63, 3.8) is 0 Å². The van der Waals surface area contributed by atoms with E-state index in [1.54, 1.807) is 21.7 Å². The fourth-order valence-electron chi connectivity index (χ4n) is 3.81.